The van der Waals surface area contributed by atoms with Gasteiger partial charge in [0.25, 0.3) is 0 Å². The zero-order chi connectivity index (χ0) is 21.3. The van der Waals surface area contributed by atoms with Crippen LogP contribution < -0.4 is 21.2 Å². The normalized spacial score (nSPS) is 20.8. The predicted octanol–water partition coefficient (Wildman–Crippen LogP) is 3.03. The van der Waals surface area contributed by atoms with E-state index < -0.39 is 0 Å². The lowest BCUT2D eigenvalue weighted by Crippen LogP contribution is -2.52. The SMILES string of the molecule is C1=c2cccnc2=C(N2CCNC(Cc3ccccc3)C2)c2nc(C3CCCC3)sc2N1. The van der Waals surface area contributed by atoms with E-state index in [0.717, 1.165) is 47.3 Å². The molecule has 1 atom stereocenters. The molecular formula is C26H29N5S. The molecule has 0 amide bonds. The summed E-state index contributed by atoms with van der Waals surface area (Å²) in [7, 11) is 0. The number of thiazole rings is 1. The maximum atomic E-state index is 5.25. The Morgan fingerprint density at radius 1 is 1.06 bits per heavy atom. The number of rotatable bonds is 4. The molecule has 32 heavy (non-hydrogen) atoms. The summed E-state index contributed by atoms with van der Waals surface area (Å²) in [5.74, 6) is 0.618. The predicted molar refractivity (Wildman–Crippen MR) is 131 cm³/mol. The molecule has 6 rings (SSSR count). The Morgan fingerprint density at radius 2 is 1.94 bits per heavy atom. The Morgan fingerprint density at radius 3 is 2.81 bits per heavy atom. The first-order chi connectivity index (χ1) is 15.8. The van der Waals surface area contributed by atoms with E-state index >= 15 is 0 Å². The maximum absolute atomic E-state index is 5.25. The number of hydrogen-bond acceptors (Lipinski definition) is 6. The van der Waals surface area contributed by atoms with Crippen molar-refractivity contribution in [1.82, 2.24) is 20.2 Å². The lowest BCUT2D eigenvalue weighted by molar-refractivity contribution is 0.275. The second kappa shape index (κ2) is 8.68. The first-order valence-electron chi connectivity index (χ1n) is 11.8. The fraction of sp³-hybridized carbons (Fsp3) is 0.385. The number of nitrogens with one attached hydrogen (secondary N) is 2. The van der Waals surface area contributed by atoms with Crippen molar-refractivity contribution in [2.45, 2.75) is 44.1 Å². The highest BCUT2D eigenvalue weighted by atomic mass is 32.1. The van der Waals surface area contributed by atoms with Crippen molar-refractivity contribution in [1.29, 1.82) is 0 Å². The summed E-state index contributed by atoms with van der Waals surface area (Å²) in [6, 6.07) is 15.4. The molecule has 1 aliphatic carbocycles. The van der Waals surface area contributed by atoms with E-state index in [1.54, 1.807) is 0 Å². The number of aromatic nitrogens is 2. The Kier molecular flexibility index (Phi) is 5.41. The van der Waals surface area contributed by atoms with Gasteiger partial charge >= 0.3 is 0 Å². The van der Waals surface area contributed by atoms with Crippen LogP contribution in [0.1, 0.15) is 47.9 Å². The summed E-state index contributed by atoms with van der Waals surface area (Å²) in [6.07, 6.45) is 10.2. The number of hydrogen-bond donors (Lipinski definition) is 2. The molecule has 2 aliphatic heterocycles. The van der Waals surface area contributed by atoms with E-state index in [2.05, 4.69) is 58.1 Å². The molecule has 1 saturated heterocycles. The van der Waals surface area contributed by atoms with Gasteiger partial charge in [-0.25, -0.2) is 4.98 Å². The van der Waals surface area contributed by atoms with Crippen LogP contribution in [-0.2, 0) is 6.42 Å². The third-order valence-electron chi connectivity index (χ3n) is 6.89. The summed E-state index contributed by atoms with van der Waals surface area (Å²) in [5.41, 5.74) is 3.66. The average molecular weight is 444 g/mol. The van der Waals surface area contributed by atoms with E-state index in [9.17, 15) is 0 Å². The highest BCUT2D eigenvalue weighted by Gasteiger charge is 2.29. The summed E-state index contributed by atoms with van der Waals surface area (Å²) in [4.78, 5) is 12.6. The van der Waals surface area contributed by atoms with Gasteiger partial charge in [-0.1, -0.05) is 43.2 Å². The Bertz CT molecular complexity index is 1210. The molecule has 3 aromatic rings. The molecule has 5 nitrogen and oxygen atoms in total. The van der Waals surface area contributed by atoms with E-state index in [1.807, 2.05) is 23.6 Å². The minimum atomic E-state index is 0.405. The van der Waals surface area contributed by atoms with Crippen molar-refractivity contribution >= 4 is 28.2 Å². The number of nitrogens with zero attached hydrogens (tertiary/aromatic N) is 3. The second-order valence-corrected chi connectivity index (χ2v) is 10.1. The van der Waals surface area contributed by atoms with Crippen molar-refractivity contribution in [2.75, 3.05) is 25.0 Å². The number of anilines is 1. The fourth-order valence-electron chi connectivity index (χ4n) is 5.29. The van der Waals surface area contributed by atoms with Gasteiger partial charge in [-0.2, -0.15) is 0 Å². The molecule has 0 bridgehead atoms. The largest absolute Gasteiger partial charge is 0.365 e. The first-order valence-corrected chi connectivity index (χ1v) is 12.6. The van der Waals surface area contributed by atoms with Gasteiger partial charge in [-0.05, 0) is 37.0 Å². The van der Waals surface area contributed by atoms with E-state index in [0.29, 0.717) is 12.0 Å². The molecule has 3 aliphatic rings. The Hall–Kier alpha value is -2.70. The number of pyridine rings is 1. The molecule has 164 valence electrons. The third-order valence-corrected chi connectivity index (χ3v) is 8.04. The van der Waals surface area contributed by atoms with Crippen molar-refractivity contribution in [3.05, 3.63) is 75.5 Å². The molecule has 2 aromatic heterocycles. The van der Waals surface area contributed by atoms with Gasteiger partial charge in [0.15, 0.2) is 0 Å². The lowest BCUT2D eigenvalue weighted by atomic mass is 10.0. The molecule has 1 saturated carbocycles. The van der Waals surface area contributed by atoms with Gasteiger partial charge in [0, 0.05) is 49.2 Å². The van der Waals surface area contributed by atoms with Gasteiger partial charge in [0.1, 0.15) is 10.7 Å². The molecule has 1 aromatic carbocycles. The van der Waals surface area contributed by atoms with Crippen LogP contribution >= 0.6 is 11.3 Å². The van der Waals surface area contributed by atoms with E-state index in [4.69, 9.17) is 9.97 Å². The molecule has 1 unspecified atom stereocenters. The monoisotopic (exact) mass is 443 g/mol. The van der Waals surface area contributed by atoms with Crippen LogP contribution in [0.4, 0.5) is 5.00 Å². The number of benzene rings is 1. The van der Waals surface area contributed by atoms with Crippen LogP contribution in [0.15, 0.2) is 48.7 Å². The minimum absolute atomic E-state index is 0.405. The highest BCUT2D eigenvalue weighted by molar-refractivity contribution is 7.16. The molecular weight excluding hydrogens is 414 g/mol. The minimum Gasteiger partial charge on any atom is -0.365 e. The second-order valence-electron chi connectivity index (χ2n) is 9.08. The van der Waals surface area contributed by atoms with Crippen LogP contribution in [-0.4, -0.2) is 40.5 Å². The van der Waals surface area contributed by atoms with E-state index in [-0.39, 0.29) is 0 Å². The zero-order valence-corrected chi connectivity index (χ0v) is 19.1. The van der Waals surface area contributed by atoms with Crippen molar-refractivity contribution in [3.8, 4) is 0 Å². The Balaban J connectivity index is 1.39. The standard InChI is InChI=1S/C26H29N5S/c1-2-7-18(8-3-1)15-21-17-31(14-13-27-21)24-22-20(11-6-12-28-22)16-29-26-23(24)30-25(32-26)19-9-4-5-10-19/h1-3,6-8,11-12,16,19,21,27,29H,4-5,9-10,13-15,17H2. The third kappa shape index (κ3) is 3.82. The molecule has 2 N–H and O–H groups in total. The van der Waals surface area contributed by atoms with Crippen molar-refractivity contribution in [2.24, 2.45) is 0 Å². The van der Waals surface area contributed by atoms with Gasteiger partial charge < -0.3 is 15.5 Å². The van der Waals surface area contributed by atoms with Gasteiger partial charge in [-0.15, -0.1) is 11.3 Å². The van der Waals surface area contributed by atoms with Gasteiger partial charge in [0.05, 0.1) is 16.1 Å². The zero-order valence-electron chi connectivity index (χ0n) is 18.3. The van der Waals surface area contributed by atoms with Gasteiger partial charge in [0.2, 0.25) is 0 Å². The van der Waals surface area contributed by atoms with Crippen molar-refractivity contribution in [3.63, 3.8) is 0 Å². The maximum Gasteiger partial charge on any atom is 0.124 e. The molecule has 2 fully saturated rings. The topological polar surface area (TPSA) is 53.1 Å². The Labute approximate surface area is 192 Å². The van der Waals surface area contributed by atoms with Crippen LogP contribution in [0, 0.1) is 0 Å². The molecule has 0 spiro atoms. The molecule has 4 heterocycles. The fourth-order valence-corrected chi connectivity index (χ4v) is 6.40. The average Bonchev–Trinajstić information content (AvgIpc) is 3.48. The van der Waals surface area contributed by atoms with Crippen LogP contribution in [0.2, 0.25) is 0 Å². The highest BCUT2D eigenvalue weighted by Crippen LogP contribution is 2.41. The molecule has 0 radical (unpaired) electrons. The van der Waals surface area contributed by atoms with Gasteiger partial charge in [-0.3, -0.25) is 4.98 Å². The van der Waals surface area contributed by atoms with E-state index in [1.165, 1.54) is 42.0 Å². The summed E-state index contributed by atoms with van der Waals surface area (Å²) < 4.78 is 0. The summed E-state index contributed by atoms with van der Waals surface area (Å²) in [6.45, 7) is 2.89. The molecule has 6 heteroatoms. The summed E-state index contributed by atoms with van der Waals surface area (Å²) in [5, 5.41) is 11.9. The first kappa shape index (κ1) is 19.9. The quantitative estimate of drug-likeness (QED) is 0.649. The summed E-state index contributed by atoms with van der Waals surface area (Å²) >= 11 is 1.84. The van der Waals surface area contributed by atoms with Crippen molar-refractivity contribution < 1.29 is 0 Å². The van der Waals surface area contributed by atoms with Crippen LogP contribution in [0.25, 0.3) is 11.9 Å². The number of piperazine rings is 1. The van der Waals surface area contributed by atoms with Crippen LogP contribution in [0.5, 0.6) is 0 Å². The van der Waals surface area contributed by atoms with Crippen LogP contribution in [0.3, 0.4) is 0 Å². The number of fused-ring (bicyclic) bond motifs is 2. The smallest absolute Gasteiger partial charge is 0.124 e. The lowest BCUT2D eigenvalue weighted by Gasteiger charge is -2.36.